The predicted molar refractivity (Wildman–Crippen MR) is 68.8 cm³/mol. The standard InChI is InChI=1S/C15H16FNO/c1-10-6-11(2)15(17-9-10)14(18)8-12-4-3-5-13(16)7-12/h3-7,9,14,18H,8H2,1-2H3. The summed E-state index contributed by atoms with van der Waals surface area (Å²) in [6.45, 7) is 3.88. The Labute approximate surface area is 106 Å². The van der Waals surface area contributed by atoms with Gasteiger partial charge in [-0.3, -0.25) is 4.98 Å². The Morgan fingerprint density at radius 3 is 2.72 bits per heavy atom. The molecule has 1 unspecified atom stereocenters. The quantitative estimate of drug-likeness (QED) is 0.901. The summed E-state index contributed by atoms with van der Waals surface area (Å²) < 4.78 is 13.1. The first kappa shape index (κ1) is 12.7. The molecule has 0 aliphatic heterocycles. The summed E-state index contributed by atoms with van der Waals surface area (Å²) in [5, 5.41) is 10.2. The highest BCUT2D eigenvalue weighted by atomic mass is 19.1. The molecule has 3 heteroatoms. The van der Waals surface area contributed by atoms with Crippen molar-refractivity contribution in [2.24, 2.45) is 0 Å². The monoisotopic (exact) mass is 245 g/mol. The number of nitrogens with zero attached hydrogens (tertiary/aromatic N) is 1. The number of benzene rings is 1. The largest absolute Gasteiger partial charge is 0.386 e. The number of aryl methyl sites for hydroxylation is 2. The molecule has 0 spiro atoms. The minimum absolute atomic E-state index is 0.284. The molecule has 0 saturated heterocycles. The molecule has 1 N–H and O–H groups in total. The molecule has 0 radical (unpaired) electrons. The van der Waals surface area contributed by atoms with Crippen LogP contribution in [0.5, 0.6) is 0 Å². The number of halogens is 1. The third kappa shape index (κ3) is 2.93. The molecule has 0 saturated carbocycles. The van der Waals surface area contributed by atoms with Gasteiger partial charge >= 0.3 is 0 Å². The first-order chi connectivity index (χ1) is 8.56. The SMILES string of the molecule is Cc1cnc(C(O)Cc2cccc(F)c2)c(C)c1. The van der Waals surface area contributed by atoms with Crippen molar-refractivity contribution in [2.45, 2.75) is 26.4 Å². The molecule has 18 heavy (non-hydrogen) atoms. The van der Waals surface area contributed by atoms with E-state index in [4.69, 9.17) is 0 Å². The fourth-order valence-electron chi connectivity index (χ4n) is 2.06. The molecule has 0 aliphatic rings. The zero-order chi connectivity index (χ0) is 13.1. The lowest BCUT2D eigenvalue weighted by Gasteiger charge is -2.13. The smallest absolute Gasteiger partial charge is 0.123 e. The predicted octanol–water partition coefficient (Wildman–Crippen LogP) is 3.11. The Hall–Kier alpha value is -1.74. The lowest BCUT2D eigenvalue weighted by molar-refractivity contribution is 0.172. The van der Waals surface area contributed by atoms with E-state index in [9.17, 15) is 9.50 Å². The molecule has 2 rings (SSSR count). The van der Waals surface area contributed by atoms with Gasteiger partial charge in [0.15, 0.2) is 0 Å². The maximum absolute atomic E-state index is 13.1. The zero-order valence-electron chi connectivity index (χ0n) is 10.5. The molecule has 0 amide bonds. The minimum atomic E-state index is -0.701. The highest BCUT2D eigenvalue weighted by molar-refractivity contribution is 5.26. The molecule has 1 atom stereocenters. The van der Waals surface area contributed by atoms with Crippen LogP contribution in [0.25, 0.3) is 0 Å². The van der Waals surface area contributed by atoms with Gasteiger partial charge in [-0.1, -0.05) is 18.2 Å². The number of aliphatic hydroxyl groups excluding tert-OH is 1. The van der Waals surface area contributed by atoms with Gasteiger partial charge in [0.25, 0.3) is 0 Å². The van der Waals surface area contributed by atoms with E-state index in [1.807, 2.05) is 19.9 Å². The average molecular weight is 245 g/mol. The molecule has 2 aromatic rings. The maximum atomic E-state index is 13.1. The second-order valence-electron chi connectivity index (χ2n) is 4.56. The van der Waals surface area contributed by atoms with Gasteiger partial charge in [0, 0.05) is 12.6 Å². The molecule has 1 aromatic carbocycles. The zero-order valence-corrected chi connectivity index (χ0v) is 10.5. The van der Waals surface area contributed by atoms with Gasteiger partial charge in [-0.2, -0.15) is 0 Å². The third-order valence-corrected chi connectivity index (χ3v) is 2.89. The Bertz CT molecular complexity index is 554. The van der Waals surface area contributed by atoms with Gasteiger partial charge in [-0.15, -0.1) is 0 Å². The Morgan fingerprint density at radius 2 is 2.06 bits per heavy atom. The number of aromatic nitrogens is 1. The van der Waals surface area contributed by atoms with Crippen molar-refractivity contribution < 1.29 is 9.50 Å². The van der Waals surface area contributed by atoms with Crippen LogP contribution in [0.1, 0.15) is 28.5 Å². The van der Waals surface area contributed by atoms with Crippen LogP contribution in [0.2, 0.25) is 0 Å². The van der Waals surface area contributed by atoms with Crippen LogP contribution in [-0.2, 0) is 6.42 Å². The second-order valence-corrected chi connectivity index (χ2v) is 4.56. The number of rotatable bonds is 3. The number of aliphatic hydroxyl groups is 1. The van der Waals surface area contributed by atoms with Crippen LogP contribution in [0.4, 0.5) is 4.39 Å². The molecule has 1 heterocycles. The van der Waals surface area contributed by atoms with Crippen molar-refractivity contribution in [3.05, 3.63) is 64.7 Å². The molecule has 94 valence electrons. The highest BCUT2D eigenvalue weighted by Crippen LogP contribution is 2.20. The summed E-state index contributed by atoms with van der Waals surface area (Å²) in [6, 6.07) is 8.26. The van der Waals surface area contributed by atoms with E-state index in [-0.39, 0.29) is 5.82 Å². The first-order valence-electron chi connectivity index (χ1n) is 5.92. The fraction of sp³-hybridized carbons (Fsp3) is 0.267. The number of pyridine rings is 1. The molecular formula is C15H16FNO. The van der Waals surface area contributed by atoms with Gasteiger partial charge < -0.3 is 5.11 Å². The summed E-state index contributed by atoms with van der Waals surface area (Å²) in [6.07, 6.45) is 1.40. The van der Waals surface area contributed by atoms with Crippen molar-refractivity contribution in [1.82, 2.24) is 4.98 Å². The number of hydrogen-bond acceptors (Lipinski definition) is 2. The van der Waals surface area contributed by atoms with Crippen LogP contribution in [0.15, 0.2) is 36.5 Å². The molecule has 1 aromatic heterocycles. The summed E-state index contributed by atoms with van der Waals surface area (Å²) in [5.74, 6) is -0.284. The molecular weight excluding hydrogens is 229 g/mol. The summed E-state index contributed by atoms with van der Waals surface area (Å²) in [4.78, 5) is 4.25. The van der Waals surface area contributed by atoms with E-state index < -0.39 is 6.10 Å². The lowest BCUT2D eigenvalue weighted by atomic mass is 10.0. The summed E-state index contributed by atoms with van der Waals surface area (Å²) in [5.41, 5.74) is 3.45. The normalized spacial score (nSPS) is 12.4. The topological polar surface area (TPSA) is 33.1 Å². The van der Waals surface area contributed by atoms with Crippen LogP contribution in [0.3, 0.4) is 0 Å². The molecule has 2 nitrogen and oxygen atoms in total. The van der Waals surface area contributed by atoms with E-state index in [0.717, 1.165) is 16.7 Å². The van der Waals surface area contributed by atoms with Gasteiger partial charge in [-0.05, 0) is 42.7 Å². The molecule has 0 aliphatic carbocycles. The maximum Gasteiger partial charge on any atom is 0.123 e. The van der Waals surface area contributed by atoms with E-state index in [0.29, 0.717) is 12.1 Å². The van der Waals surface area contributed by atoms with Crippen molar-refractivity contribution in [2.75, 3.05) is 0 Å². The van der Waals surface area contributed by atoms with Crippen LogP contribution < -0.4 is 0 Å². The van der Waals surface area contributed by atoms with Gasteiger partial charge in [-0.25, -0.2) is 4.39 Å². The van der Waals surface area contributed by atoms with Crippen LogP contribution in [-0.4, -0.2) is 10.1 Å². The van der Waals surface area contributed by atoms with Crippen LogP contribution in [0, 0.1) is 19.7 Å². The van der Waals surface area contributed by atoms with Crippen LogP contribution >= 0.6 is 0 Å². The van der Waals surface area contributed by atoms with E-state index in [2.05, 4.69) is 4.98 Å². The van der Waals surface area contributed by atoms with E-state index in [1.165, 1.54) is 12.1 Å². The second kappa shape index (κ2) is 5.27. The van der Waals surface area contributed by atoms with Crippen molar-refractivity contribution >= 4 is 0 Å². The number of hydrogen-bond donors (Lipinski definition) is 1. The summed E-state index contributed by atoms with van der Waals surface area (Å²) in [7, 11) is 0. The fourth-order valence-corrected chi connectivity index (χ4v) is 2.06. The first-order valence-corrected chi connectivity index (χ1v) is 5.92. The average Bonchev–Trinajstić information content (AvgIpc) is 2.28. The van der Waals surface area contributed by atoms with Crippen molar-refractivity contribution in [3.63, 3.8) is 0 Å². The van der Waals surface area contributed by atoms with Gasteiger partial charge in [0.05, 0.1) is 5.69 Å². The van der Waals surface area contributed by atoms with E-state index >= 15 is 0 Å². The minimum Gasteiger partial charge on any atom is -0.386 e. The Morgan fingerprint density at radius 1 is 1.28 bits per heavy atom. The van der Waals surface area contributed by atoms with Crippen molar-refractivity contribution in [1.29, 1.82) is 0 Å². The van der Waals surface area contributed by atoms with Crippen molar-refractivity contribution in [3.8, 4) is 0 Å². The molecule has 0 fully saturated rings. The molecule has 0 bridgehead atoms. The lowest BCUT2D eigenvalue weighted by Crippen LogP contribution is -2.06. The Balaban J connectivity index is 2.19. The highest BCUT2D eigenvalue weighted by Gasteiger charge is 2.13. The third-order valence-electron chi connectivity index (χ3n) is 2.89. The Kier molecular flexibility index (Phi) is 3.72. The van der Waals surface area contributed by atoms with Gasteiger partial charge in [0.1, 0.15) is 11.9 Å². The van der Waals surface area contributed by atoms with E-state index in [1.54, 1.807) is 18.3 Å². The summed E-state index contributed by atoms with van der Waals surface area (Å²) >= 11 is 0. The van der Waals surface area contributed by atoms with Gasteiger partial charge in [0.2, 0.25) is 0 Å².